The second-order valence-electron chi connectivity index (χ2n) is 4.82. The van der Waals surface area contributed by atoms with Crippen LogP contribution in [0.4, 0.5) is 0 Å². The fourth-order valence-corrected chi connectivity index (χ4v) is 2.21. The Kier molecular flexibility index (Phi) is 4.93. The van der Waals surface area contributed by atoms with Gasteiger partial charge in [0.2, 0.25) is 5.91 Å². The molecule has 0 spiro atoms. The Morgan fingerprint density at radius 1 is 1.59 bits per heavy atom. The van der Waals surface area contributed by atoms with Crippen LogP contribution in [0.3, 0.4) is 0 Å². The maximum absolute atomic E-state index is 11.8. The normalized spacial score (nSPS) is 22.1. The first-order valence-corrected chi connectivity index (χ1v) is 6.01. The van der Waals surface area contributed by atoms with Crippen molar-refractivity contribution in [3.05, 3.63) is 0 Å². The highest BCUT2D eigenvalue weighted by Gasteiger charge is 2.39. The summed E-state index contributed by atoms with van der Waals surface area (Å²) in [6.45, 7) is 2.89. The summed E-state index contributed by atoms with van der Waals surface area (Å²) in [4.78, 5) is 27.1. The fraction of sp³-hybridized carbons (Fsp3) is 0.833. The highest BCUT2D eigenvalue weighted by atomic mass is 16.5. The number of rotatable bonds is 5. The molecular formula is C12H22N2O3. The third-order valence-electron chi connectivity index (χ3n) is 3.20. The molecule has 5 nitrogen and oxygen atoms in total. The third kappa shape index (κ3) is 3.43. The van der Waals surface area contributed by atoms with Gasteiger partial charge in [-0.1, -0.05) is 0 Å². The Morgan fingerprint density at radius 2 is 2.24 bits per heavy atom. The summed E-state index contributed by atoms with van der Waals surface area (Å²) >= 11 is 0. The summed E-state index contributed by atoms with van der Waals surface area (Å²) in [5.41, 5.74) is 0. The number of nitrogens with zero attached hydrogens (tertiary/aromatic N) is 2. The Morgan fingerprint density at radius 3 is 2.76 bits per heavy atom. The van der Waals surface area contributed by atoms with E-state index in [1.165, 1.54) is 7.11 Å². The highest BCUT2D eigenvalue weighted by molar-refractivity contribution is 5.88. The molecule has 0 radical (unpaired) electrons. The summed E-state index contributed by atoms with van der Waals surface area (Å²) in [5, 5.41) is 0. The summed E-state index contributed by atoms with van der Waals surface area (Å²) in [7, 11) is 5.36. The number of methoxy groups -OCH3 is 1. The topological polar surface area (TPSA) is 49.9 Å². The Labute approximate surface area is 103 Å². The van der Waals surface area contributed by atoms with Gasteiger partial charge in [-0.05, 0) is 40.4 Å². The van der Waals surface area contributed by atoms with E-state index in [0.29, 0.717) is 12.8 Å². The molecule has 0 saturated carbocycles. The van der Waals surface area contributed by atoms with Crippen LogP contribution in [0.5, 0.6) is 0 Å². The zero-order valence-corrected chi connectivity index (χ0v) is 11.1. The van der Waals surface area contributed by atoms with Gasteiger partial charge >= 0.3 is 5.97 Å². The van der Waals surface area contributed by atoms with E-state index in [1.54, 1.807) is 4.90 Å². The van der Waals surface area contributed by atoms with E-state index < -0.39 is 0 Å². The molecule has 5 heteroatoms. The zero-order valence-electron chi connectivity index (χ0n) is 11.1. The maximum Gasteiger partial charge on any atom is 0.328 e. The predicted molar refractivity (Wildman–Crippen MR) is 64.5 cm³/mol. The minimum atomic E-state index is -0.385. The van der Waals surface area contributed by atoms with Gasteiger partial charge in [-0.3, -0.25) is 4.79 Å². The number of carbonyl (C=O) groups excluding carboxylic acids is 2. The molecule has 0 aromatic rings. The van der Waals surface area contributed by atoms with Crippen molar-refractivity contribution in [2.45, 2.75) is 38.3 Å². The van der Waals surface area contributed by atoms with E-state index in [0.717, 1.165) is 13.0 Å². The molecule has 0 bridgehead atoms. The lowest BCUT2D eigenvalue weighted by Crippen LogP contribution is -2.45. The number of esters is 1. The van der Waals surface area contributed by atoms with Crippen LogP contribution >= 0.6 is 0 Å². The smallest absolute Gasteiger partial charge is 0.328 e. The number of amides is 1. The minimum Gasteiger partial charge on any atom is -0.467 e. The maximum atomic E-state index is 11.8. The first kappa shape index (κ1) is 14.0. The van der Waals surface area contributed by atoms with Crippen molar-refractivity contribution < 1.29 is 14.3 Å². The average molecular weight is 242 g/mol. The van der Waals surface area contributed by atoms with Gasteiger partial charge in [-0.25, -0.2) is 4.79 Å². The molecular weight excluding hydrogens is 220 g/mol. The van der Waals surface area contributed by atoms with E-state index in [-0.39, 0.29) is 24.0 Å². The van der Waals surface area contributed by atoms with Gasteiger partial charge in [0.15, 0.2) is 0 Å². The SMILES string of the molecule is COC(=O)C1CCC(=O)N1C(C)CCN(C)C. The lowest BCUT2D eigenvalue weighted by atomic mass is 10.1. The van der Waals surface area contributed by atoms with E-state index >= 15 is 0 Å². The number of hydrogen-bond donors (Lipinski definition) is 0. The monoisotopic (exact) mass is 242 g/mol. The molecule has 98 valence electrons. The molecule has 0 aliphatic carbocycles. The van der Waals surface area contributed by atoms with Gasteiger partial charge in [0.05, 0.1) is 7.11 Å². The van der Waals surface area contributed by atoms with E-state index in [2.05, 4.69) is 4.90 Å². The predicted octanol–water partition coefficient (Wildman–Crippen LogP) is 0.491. The second kappa shape index (κ2) is 6.00. The van der Waals surface area contributed by atoms with Crippen LogP contribution in [0.1, 0.15) is 26.2 Å². The molecule has 1 rings (SSSR count). The lowest BCUT2D eigenvalue weighted by Gasteiger charge is -2.30. The second-order valence-corrected chi connectivity index (χ2v) is 4.82. The largest absolute Gasteiger partial charge is 0.467 e. The molecule has 0 aromatic heterocycles. The van der Waals surface area contributed by atoms with Crippen molar-refractivity contribution in [3.8, 4) is 0 Å². The third-order valence-corrected chi connectivity index (χ3v) is 3.20. The molecule has 2 atom stereocenters. The molecule has 1 aliphatic rings. The Balaban J connectivity index is 2.64. The van der Waals surface area contributed by atoms with Crippen molar-refractivity contribution in [3.63, 3.8) is 0 Å². The summed E-state index contributed by atoms with van der Waals surface area (Å²) < 4.78 is 4.75. The van der Waals surface area contributed by atoms with Crippen LogP contribution in [0.2, 0.25) is 0 Å². The van der Waals surface area contributed by atoms with Crippen molar-refractivity contribution >= 4 is 11.9 Å². The van der Waals surface area contributed by atoms with Crippen molar-refractivity contribution in [2.75, 3.05) is 27.7 Å². The standard InChI is InChI=1S/C12H22N2O3/c1-9(7-8-13(2)3)14-10(12(16)17-4)5-6-11(14)15/h9-10H,5-8H2,1-4H3. The summed E-state index contributed by atoms with van der Waals surface area (Å²) in [6, 6.07) is -0.304. The van der Waals surface area contributed by atoms with Crippen LogP contribution < -0.4 is 0 Å². The van der Waals surface area contributed by atoms with Gasteiger partial charge in [-0.2, -0.15) is 0 Å². The van der Waals surface area contributed by atoms with E-state index in [4.69, 9.17) is 4.74 Å². The van der Waals surface area contributed by atoms with Gasteiger partial charge in [0.25, 0.3) is 0 Å². The minimum absolute atomic E-state index is 0.0617. The first-order valence-electron chi connectivity index (χ1n) is 6.01. The van der Waals surface area contributed by atoms with Gasteiger partial charge in [-0.15, -0.1) is 0 Å². The Hall–Kier alpha value is -1.10. The van der Waals surface area contributed by atoms with Crippen molar-refractivity contribution in [1.82, 2.24) is 9.80 Å². The van der Waals surface area contributed by atoms with Crippen LogP contribution in [-0.2, 0) is 14.3 Å². The average Bonchev–Trinajstić information content (AvgIpc) is 2.67. The molecule has 2 unspecified atom stereocenters. The van der Waals surface area contributed by atoms with Crippen LogP contribution in [0.25, 0.3) is 0 Å². The highest BCUT2D eigenvalue weighted by Crippen LogP contribution is 2.23. The van der Waals surface area contributed by atoms with Crippen LogP contribution in [0, 0.1) is 0 Å². The number of carbonyl (C=O) groups is 2. The van der Waals surface area contributed by atoms with E-state index in [9.17, 15) is 9.59 Å². The van der Waals surface area contributed by atoms with Gasteiger partial charge in [0, 0.05) is 12.5 Å². The number of likely N-dealkylation sites (tertiary alicyclic amines) is 1. The van der Waals surface area contributed by atoms with Crippen LogP contribution in [-0.4, -0.2) is 61.5 Å². The summed E-state index contributed by atoms with van der Waals surface area (Å²) in [5.74, 6) is -0.237. The zero-order chi connectivity index (χ0) is 13.0. The quantitative estimate of drug-likeness (QED) is 0.658. The van der Waals surface area contributed by atoms with E-state index in [1.807, 2.05) is 21.0 Å². The number of ether oxygens (including phenoxy) is 1. The van der Waals surface area contributed by atoms with Crippen molar-refractivity contribution in [1.29, 1.82) is 0 Å². The van der Waals surface area contributed by atoms with Crippen molar-refractivity contribution in [2.24, 2.45) is 0 Å². The molecule has 0 N–H and O–H groups in total. The lowest BCUT2D eigenvalue weighted by molar-refractivity contribution is -0.150. The number of hydrogen-bond acceptors (Lipinski definition) is 4. The van der Waals surface area contributed by atoms with Gasteiger partial charge in [0.1, 0.15) is 6.04 Å². The fourth-order valence-electron chi connectivity index (χ4n) is 2.21. The molecule has 17 heavy (non-hydrogen) atoms. The molecule has 1 heterocycles. The molecule has 1 fully saturated rings. The van der Waals surface area contributed by atoms with Gasteiger partial charge < -0.3 is 14.5 Å². The first-order chi connectivity index (χ1) is 7.97. The molecule has 1 amide bonds. The summed E-state index contributed by atoms with van der Waals surface area (Å²) in [6.07, 6.45) is 1.90. The molecule has 1 aliphatic heterocycles. The van der Waals surface area contributed by atoms with Crippen LogP contribution in [0.15, 0.2) is 0 Å². The molecule has 1 saturated heterocycles. The molecule has 0 aromatic carbocycles. The Bertz CT molecular complexity index is 291.